The standard InChI is InChI=1S/C14H15Cl2FN4OS/c1-6(22)7-4-3-5-21(7)13-8-10(18-14(20-13)23-2)9(17)12(16)19-11(8)15/h6-7,22H,3-5H2,1-2H3/t6?,7-/m0/s1. The molecule has 9 heteroatoms. The Morgan fingerprint density at radius 2 is 2.04 bits per heavy atom. The van der Waals surface area contributed by atoms with E-state index in [1.807, 2.05) is 11.2 Å². The number of aliphatic hydroxyl groups excluding tert-OH is 1. The van der Waals surface area contributed by atoms with Crippen molar-refractivity contribution in [1.29, 1.82) is 0 Å². The summed E-state index contributed by atoms with van der Waals surface area (Å²) in [5.74, 6) is -0.214. The summed E-state index contributed by atoms with van der Waals surface area (Å²) in [6, 6.07) is -0.0994. The second kappa shape index (κ2) is 6.55. The Bertz CT molecular complexity index is 761. The Morgan fingerprint density at radius 1 is 1.30 bits per heavy atom. The van der Waals surface area contributed by atoms with E-state index < -0.39 is 11.9 Å². The lowest BCUT2D eigenvalue weighted by molar-refractivity contribution is 0.164. The molecule has 0 spiro atoms. The molecule has 1 aliphatic rings. The van der Waals surface area contributed by atoms with Crippen LogP contribution in [0.4, 0.5) is 10.2 Å². The fourth-order valence-electron chi connectivity index (χ4n) is 2.92. The second-order valence-corrected chi connectivity index (χ2v) is 6.90. The van der Waals surface area contributed by atoms with Gasteiger partial charge in [0.25, 0.3) is 0 Å². The summed E-state index contributed by atoms with van der Waals surface area (Å²) >= 11 is 13.3. The van der Waals surface area contributed by atoms with Crippen molar-refractivity contribution in [2.45, 2.75) is 37.1 Å². The van der Waals surface area contributed by atoms with Gasteiger partial charge in [-0.25, -0.2) is 19.3 Å². The highest BCUT2D eigenvalue weighted by Gasteiger charge is 2.32. The molecule has 2 atom stereocenters. The van der Waals surface area contributed by atoms with Crippen LogP contribution in [0.2, 0.25) is 10.3 Å². The first kappa shape index (κ1) is 17.0. The van der Waals surface area contributed by atoms with Crippen molar-refractivity contribution in [3.05, 3.63) is 16.1 Å². The third kappa shape index (κ3) is 2.95. The van der Waals surface area contributed by atoms with E-state index in [0.29, 0.717) is 22.9 Å². The molecule has 124 valence electrons. The van der Waals surface area contributed by atoms with Crippen LogP contribution in [-0.2, 0) is 0 Å². The van der Waals surface area contributed by atoms with Crippen molar-refractivity contribution in [3.8, 4) is 0 Å². The van der Waals surface area contributed by atoms with Gasteiger partial charge in [0.2, 0.25) is 0 Å². The molecule has 1 aliphatic heterocycles. The molecule has 0 aliphatic carbocycles. The first-order valence-electron chi connectivity index (χ1n) is 7.15. The van der Waals surface area contributed by atoms with Gasteiger partial charge in [0.1, 0.15) is 16.5 Å². The lowest BCUT2D eigenvalue weighted by atomic mass is 10.1. The minimum absolute atomic E-state index is 0.0561. The van der Waals surface area contributed by atoms with Gasteiger partial charge in [-0.1, -0.05) is 35.0 Å². The average molecular weight is 377 g/mol. The highest BCUT2D eigenvalue weighted by atomic mass is 35.5. The van der Waals surface area contributed by atoms with Gasteiger partial charge in [-0.05, 0) is 26.0 Å². The largest absolute Gasteiger partial charge is 0.391 e. The molecule has 2 aromatic rings. The number of hydrogen-bond donors (Lipinski definition) is 1. The first-order valence-corrected chi connectivity index (χ1v) is 9.13. The van der Waals surface area contributed by atoms with Crippen molar-refractivity contribution in [2.75, 3.05) is 17.7 Å². The molecule has 1 saturated heterocycles. The highest BCUT2D eigenvalue weighted by Crippen LogP contribution is 2.37. The Balaban J connectivity index is 2.29. The van der Waals surface area contributed by atoms with Crippen molar-refractivity contribution in [1.82, 2.24) is 15.0 Å². The fourth-order valence-corrected chi connectivity index (χ4v) is 3.76. The molecule has 0 saturated carbocycles. The summed E-state index contributed by atoms with van der Waals surface area (Å²) in [5, 5.41) is 10.5. The Kier molecular flexibility index (Phi) is 4.83. The predicted octanol–water partition coefficient (Wildman–Crippen LogP) is 3.54. The maximum Gasteiger partial charge on any atom is 0.189 e. The van der Waals surface area contributed by atoms with Crippen LogP contribution in [-0.4, -0.2) is 45.0 Å². The third-order valence-corrected chi connectivity index (χ3v) is 5.04. The zero-order chi connectivity index (χ0) is 16.7. The Hall–Kier alpha value is -0.890. The molecular formula is C14H15Cl2FN4OS. The van der Waals surface area contributed by atoms with Crippen LogP contribution in [0.5, 0.6) is 0 Å². The number of aromatic nitrogens is 3. The van der Waals surface area contributed by atoms with Crippen molar-refractivity contribution < 1.29 is 9.50 Å². The summed E-state index contributed by atoms with van der Waals surface area (Å²) in [5.41, 5.74) is 0.0561. The maximum atomic E-state index is 14.4. The molecule has 0 amide bonds. The number of nitrogens with zero attached hydrogens (tertiary/aromatic N) is 4. The zero-order valence-electron chi connectivity index (χ0n) is 12.6. The molecule has 23 heavy (non-hydrogen) atoms. The predicted molar refractivity (Wildman–Crippen MR) is 91.1 cm³/mol. The van der Waals surface area contributed by atoms with Crippen LogP contribution in [0.25, 0.3) is 10.9 Å². The minimum Gasteiger partial charge on any atom is -0.391 e. The zero-order valence-corrected chi connectivity index (χ0v) is 14.9. The number of anilines is 1. The third-order valence-electron chi connectivity index (χ3n) is 3.97. The van der Waals surface area contributed by atoms with Gasteiger partial charge in [0, 0.05) is 6.54 Å². The lowest BCUT2D eigenvalue weighted by Gasteiger charge is -2.29. The summed E-state index contributed by atoms with van der Waals surface area (Å²) < 4.78 is 14.4. The molecule has 3 rings (SSSR count). The molecular weight excluding hydrogens is 362 g/mol. The number of halogens is 3. The Morgan fingerprint density at radius 3 is 2.70 bits per heavy atom. The highest BCUT2D eigenvalue weighted by molar-refractivity contribution is 7.98. The SMILES string of the molecule is CSc1nc(N2CCC[C@H]2C(C)O)c2c(Cl)nc(Cl)c(F)c2n1. The quantitative estimate of drug-likeness (QED) is 0.502. The molecule has 1 unspecified atom stereocenters. The van der Waals surface area contributed by atoms with Crippen molar-refractivity contribution in [3.63, 3.8) is 0 Å². The van der Waals surface area contributed by atoms with E-state index in [0.717, 1.165) is 12.8 Å². The summed E-state index contributed by atoms with van der Waals surface area (Å²) in [6.07, 6.45) is 3.02. The van der Waals surface area contributed by atoms with Crippen LogP contribution in [0.3, 0.4) is 0 Å². The van der Waals surface area contributed by atoms with E-state index in [-0.39, 0.29) is 21.9 Å². The first-order chi connectivity index (χ1) is 10.9. The number of hydrogen-bond acceptors (Lipinski definition) is 6. The second-order valence-electron chi connectivity index (χ2n) is 5.41. The molecule has 5 nitrogen and oxygen atoms in total. The van der Waals surface area contributed by atoms with Gasteiger partial charge in [-0.15, -0.1) is 0 Å². The molecule has 3 heterocycles. The van der Waals surface area contributed by atoms with Gasteiger partial charge >= 0.3 is 0 Å². The monoisotopic (exact) mass is 376 g/mol. The number of rotatable bonds is 3. The smallest absolute Gasteiger partial charge is 0.189 e. The van der Waals surface area contributed by atoms with Crippen LogP contribution in [0.15, 0.2) is 5.16 Å². The van der Waals surface area contributed by atoms with E-state index in [4.69, 9.17) is 23.2 Å². The molecule has 0 bridgehead atoms. The van der Waals surface area contributed by atoms with Crippen LogP contribution >= 0.6 is 35.0 Å². The average Bonchev–Trinajstić information content (AvgIpc) is 3.01. The summed E-state index contributed by atoms with van der Waals surface area (Å²) in [6.45, 7) is 2.44. The van der Waals surface area contributed by atoms with Gasteiger partial charge in [0.05, 0.1) is 17.5 Å². The van der Waals surface area contributed by atoms with Gasteiger partial charge in [0.15, 0.2) is 16.1 Å². The molecule has 1 fully saturated rings. The van der Waals surface area contributed by atoms with Gasteiger partial charge in [-0.2, -0.15) is 0 Å². The van der Waals surface area contributed by atoms with E-state index in [1.54, 1.807) is 6.92 Å². The lowest BCUT2D eigenvalue weighted by Crippen LogP contribution is -2.38. The number of thioether (sulfide) groups is 1. The van der Waals surface area contributed by atoms with Gasteiger partial charge in [-0.3, -0.25) is 0 Å². The molecule has 0 aromatic carbocycles. The van der Waals surface area contributed by atoms with Crippen LogP contribution in [0, 0.1) is 5.82 Å². The molecule has 0 radical (unpaired) electrons. The summed E-state index contributed by atoms with van der Waals surface area (Å²) in [4.78, 5) is 14.5. The number of fused-ring (bicyclic) bond motifs is 1. The van der Waals surface area contributed by atoms with E-state index in [1.165, 1.54) is 11.8 Å². The van der Waals surface area contributed by atoms with E-state index in [2.05, 4.69) is 15.0 Å². The van der Waals surface area contributed by atoms with E-state index in [9.17, 15) is 9.50 Å². The molecule has 1 N–H and O–H groups in total. The van der Waals surface area contributed by atoms with Crippen molar-refractivity contribution in [2.24, 2.45) is 0 Å². The van der Waals surface area contributed by atoms with E-state index >= 15 is 0 Å². The van der Waals surface area contributed by atoms with Gasteiger partial charge < -0.3 is 10.0 Å². The number of aliphatic hydroxyl groups is 1. The Labute approximate surface area is 147 Å². The minimum atomic E-state index is -0.710. The van der Waals surface area contributed by atoms with Crippen LogP contribution in [0.1, 0.15) is 19.8 Å². The topological polar surface area (TPSA) is 62.1 Å². The van der Waals surface area contributed by atoms with Crippen molar-refractivity contribution >= 4 is 51.7 Å². The maximum absolute atomic E-state index is 14.4. The van der Waals surface area contributed by atoms with Crippen LogP contribution < -0.4 is 4.90 Å². The number of pyridine rings is 1. The normalized spacial score (nSPS) is 19.6. The fraction of sp³-hybridized carbons (Fsp3) is 0.500. The summed E-state index contributed by atoms with van der Waals surface area (Å²) in [7, 11) is 0. The molecule has 2 aromatic heterocycles.